The van der Waals surface area contributed by atoms with Gasteiger partial charge in [-0.2, -0.15) is 0 Å². The highest BCUT2D eigenvalue weighted by Gasteiger charge is 2.32. The number of hydrogen-bond acceptors (Lipinski definition) is 3. The summed E-state index contributed by atoms with van der Waals surface area (Å²) < 4.78 is 6.02. The molecule has 1 amide bonds. The summed E-state index contributed by atoms with van der Waals surface area (Å²) in [6.07, 6.45) is 0.352. The Hall–Kier alpha value is -2.04. The van der Waals surface area contributed by atoms with E-state index in [-0.39, 0.29) is 18.3 Å². The Bertz CT molecular complexity index is 636. The summed E-state index contributed by atoms with van der Waals surface area (Å²) in [5.74, 6) is 1.10. The highest BCUT2D eigenvalue weighted by Crippen LogP contribution is 2.26. The molecule has 1 heterocycles. The Morgan fingerprint density at radius 3 is 2.33 bits per heavy atom. The molecule has 4 nitrogen and oxygen atoms in total. The van der Waals surface area contributed by atoms with E-state index in [0.29, 0.717) is 18.2 Å². The van der Waals surface area contributed by atoms with Gasteiger partial charge in [0, 0.05) is 18.7 Å². The van der Waals surface area contributed by atoms with Gasteiger partial charge in [-0.05, 0) is 31.0 Å². The maximum Gasteiger partial charge on any atom is 0.268 e. The normalized spacial score (nSPS) is 17.9. The quantitative estimate of drug-likeness (QED) is 0.905. The van der Waals surface area contributed by atoms with E-state index in [1.165, 1.54) is 0 Å². The minimum absolute atomic E-state index is 0. The molecule has 2 N–H and O–H groups in total. The number of para-hydroxylation sites is 1. The third-order valence-electron chi connectivity index (χ3n) is 4.25. The van der Waals surface area contributed by atoms with E-state index in [1.807, 2.05) is 65.6 Å². The van der Waals surface area contributed by atoms with E-state index in [2.05, 4.69) is 0 Å². The van der Waals surface area contributed by atoms with Crippen LogP contribution in [0.3, 0.4) is 0 Å². The molecule has 0 radical (unpaired) electrons. The fraction of sp³-hybridized carbons (Fsp3) is 0.316. The molecular formula is C19H23ClN2O2. The number of amides is 1. The number of likely N-dealkylation sites (tertiary alicyclic amines) is 1. The molecule has 0 spiro atoms. The van der Waals surface area contributed by atoms with Gasteiger partial charge in [0.2, 0.25) is 6.10 Å². The summed E-state index contributed by atoms with van der Waals surface area (Å²) in [6, 6.07) is 19.1. The van der Waals surface area contributed by atoms with Gasteiger partial charge in [-0.15, -0.1) is 12.4 Å². The Morgan fingerprint density at radius 2 is 1.75 bits per heavy atom. The summed E-state index contributed by atoms with van der Waals surface area (Å²) >= 11 is 0. The number of halogens is 1. The summed E-state index contributed by atoms with van der Waals surface area (Å²) in [5.41, 5.74) is 6.61. The number of ether oxygens (including phenoxy) is 1. The van der Waals surface area contributed by atoms with Crippen molar-refractivity contribution in [2.45, 2.75) is 12.5 Å². The first kappa shape index (κ1) is 18.3. The first-order valence-electron chi connectivity index (χ1n) is 8.03. The van der Waals surface area contributed by atoms with E-state index in [4.69, 9.17) is 10.5 Å². The average molecular weight is 347 g/mol. The summed E-state index contributed by atoms with van der Waals surface area (Å²) in [7, 11) is 0. The second-order valence-electron chi connectivity index (χ2n) is 5.90. The van der Waals surface area contributed by atoms with Crippen molar-refractivity contribution < 1.29 is 9.53 Å². The lowest BCUT2D eigenvalue weighted by molar-refractivity contribution is -0.138. The molecule has 24 heavy (non-hydrogen) atoms. The van der Waals surface area contributed by atoms with Gasteiger partial charge >= 0.3 is 0 Å². The molecule has 1 aliphatic heterocycles. The van der Waals surface area contributed by atoms with Crippen LogP contribution in [0, 0.1) is 5.92 Å². The lowest BCUT2D eigenvalue weighted by Gasteiger charge is -2.24. The topological polar surface area (TPSA) is 55.6 Å². The Labute approximate surface area is 149 Å². The molecule has 0 aliphatic carbocycles. The molecule has 1 fully saturated rings. The Kier molecular flexibility index (Phi) is 6.64. The molecule has 1 aliphatic rings. The van der Waals surface area contributed by atoms with Crippen LogP contribution in [0.2, 0.25) is 0 Å². The van der Waals surface area contributed by atoms with E-state index < -0.39 is 6.10 Å². The smallest absolute Gasteiger partial charge is 0.268 e. The second kappa shape index (κ2) is 8.71. The van der Waals surface area contributed by atoms with Crippen LogP contribution in [0.15, 0.2) is 60.7 Å². The highest BCUT2D eigenvalue weighted by atomic mass is 35.5. The van der Waals surface area contributed by atoms with Crippen molar-refractivity contribution >= 4 is 18.3 Å². The number of hydrogen-bond donors (Lipinski definition) is 1. The predicted molar refractivity (Wildman–Crippen MR) is 97.2 cm³/mol. The van der Waals surface area contributed by atoms with Gasteiger partial charge < -0.3 is 15.4 Å². The third-order valence-corrected chi connectivity index (χ3v) is 4.25. The molecule has 3 rings (SSSR count). The van der Waals surface area contributed by atoms with E-state index in [9.17, 15) is 4.79 Å². The molecular weight excluding hydrogens is 324 g/mol. The van der Waals surface area contributed by atoms with Crippen LogP contribution in [0.5, 0.6) is 5.75 Å². The zero-order valence-corrected chi connectivity index (χ0v) is 14.3. The van der Waals surface area contributed by atoms with Gasteiger partial charge in [0.1, 0.15) is 5.75 Å². The van der Waals surface area contributed by atoms with Crippen molar-refractivity contribution in [3.05, 3.63) is 66.2 Å². The van der Waals surface area contributed by atoms with Crippen molar-refractivity contribution in [2.24, 2.45) is 11.7 Å². The molecule has 2 aromatic carbocycles. The highest BCUT2D eigenvalue weighted by molar-refractivity contribution is 5.85. The number of benzene rings is 2. The molecule has 0 saturated carbocycles. The molecule has 2 aromatic rings. The third kappa shape index (κ3) is 4.28. The van der Waals surface area contributed by atoms with Gasteiger partial charge in [-0.1, -0.05) is 48.5 Å². The molecule has 5 heteroatoms. The molecule has 2 atom stereocenters. The fourth-order valence-corrected chi connectivity index (χ4v) is 2.92. The van der Waals surface area contributed by atoms with E-state index in [0.717, 1.165) is 25.1 Å². The predicted octanol–water partition coefficient (Wildman–Crippen LogP) is 3.04. The van der Waals surface area contributed by atoms with E-state index in [1.54, 1.807) is 0 Å². The minimum Gasteiger partial charge on any atom is -0.476 e. The maximum absolute atomic E-state index is 13.0. The number of nitrogens with two attached hydrogens (primary N) is 1. The fourth-order valence-electron chi connectivity index (χ4n) is 2.92. The van der Waals surface area contributed by atoms with Crippen LogP contribution in [0.4, 0.5) is 0 Å². The van der Waals surface area contributed by atoms with Crippen molar-refractivity contribution in [1.29, 1.82) is 0 Å². The number of carbonyl (C=O) groups excluding carboxylic acids is 1. The Morgan fingerprint density at radius 1 is 1.12 bits per heavy atom. The first-order valence-corrected chi connectivity index (χ1v) is 8.03. The SMILES string of the molecule is Cl.NCC1CCN(C(=O)C(Oc2ccccc2)c2ccccc2)C1. The summed E-state index contributed by atoms with van der Waals surface area (Å²) in [5, 5.41) is 0. The van der Waals surface area contributed by atoms with Gasteiger partial charge in [0.15, 0.2) is 0 Å². The van der Waals surface area contributed by atoms with Crippen LogP contribution in [-0.4, -0.2) is 30.4 Å². The van der Waals surface area contributed by atoms with Crippen molar-refractivity contribution in [3.8, 4) is 5.75 Å². The van der Waals surface area contributed by atoms with Gasteiger partial charge in [-0.3, -0.25) is 4.79 Å². The Balaban J connectivity index is 0.00000208. The van der Waals surface area contributed by atoms with Crippen LogP contribution in [0.25, 0.3) is 0 Å². The van der Waals surface area contributed by atoms with Crippen molar-refractivity contribution in [1.82, 2.24) is 4.90 Å². The van der Waals surface area contributed by atoms with Crippen molar-refractivity contribution in [3.63, 3.8) is 0 Å². The van der Waals surface area contributed by atoms with E-state index >= 15 is 0 Å². The molecule has 0 bridgehead atoms. The van der Waals surface area contributed by atoms with Gasteiger partial charge in [0.25, 0.3) is 5.91 Å². The van der Waals surface area contributed by atoms with Crippen LogP contribution in [-0.2, 0) is 4.79 Å². The summed E-state index contributed by atoms with van der Waals surface area (Å²) in [4.78, 5) is 14.8. The standard InChI is InChI=1S/C19H22N2O2.ClH/c20-13-15-11-12-21(14-15)19(22)18(16-7-3-1-4-8-16)23-17-9-5-2-6-10-17;/h1-10,15,18H,11-14,20H2;1H. The number of carbonyl (C=O) groups is 1. The minimum atomic E-state index is -0.616. The molecule has 0 aromatic heterocycles. The zero-order valence-electron chi connectivity index (χ0n) is 13.5. The molecule has 2 unspecified atom stereocenters. The van der Waals surface area contributed by atoms with Gasteiger partial charge in [0.05, 0.1) is 0 Å². The van der Waals surface area contributed by atoms with Gasteiger partial charge in [-0.25, -0.2) is 0 Å². The second-order valence-corrected chi connectivity index (χ2v) is 5.90. The van der Waals surface area contributed by atoms with Crippen LogP contribution >= 0.6 is 12.4 Å². The van der Waals surface area contributed by atoms with Crippen LogP contribution < -0.4 is 10.5 Å². The van der Waals surface area contributed by atoms with Crippen LogP contribution in [0.1, 0.15) is 18.1 Å². The molecule has 128 valence electrons. The lowest BCUT2D eigenvalue weighted by Crippen LogP contribution is -2.36. The first-order chi connectivity index (χ1) is 11.3. The monoisotopic (exact) mass is 346 g/mol. The van der Waals surface area contributed by atoms with Crippen molar-refractivity contribution in [2.75, 3.05) is 19.6 Å². The number of nitrogens with zero attached hydrogens (tertiary/aromatic N) is 1. The molecule has 1 saturated heterocycles. The largest absolute Gasteiger partial charge is 0.476 e. The summed E-state index contributed by atoms with van der Waals surface area (Å²) in [6.45, 7) is 2.10. The maximum atomic E-state index is 13.0. The number of rotatable bonds is 5. The average Bonchev–Trinajstić information content (AvgIpc) is 3.10. The lowest BCUT2D eigenvalue weighted by atomic mass is 10.1. The zero-order chi connectivity index (χ0) is 16.1.